The predicted molar refractivity (Wildman–Crippen MR) is 188 cm³/mol. The van der Waals surface area contributed by atoms with Gasteiger partial charge in [-0.25, -0.2) is 32.6 Å². The van der Waals surface area contributed by atoms with E-state index >= 15 is 0 Å². The maximum atomic E-state index is 13.2. The summed E-state index contributed by atoms with van der Waals surface area (Å²) in [6, 6.07) is 22.9. The second-order valence-corrected chi connectivity index (χ2v) is 13.1. The van der Waals surface area contributed by atoms with Crippen LogP contribution in [0.4, 0.5) is 8.78 Å². The van der Waals surface area contributed by atoms with E-state index in [0.717, 1.165) is 44.9 Å². The van der Waals surface area contributed by atoms with Gasteiger partial charge in [-0.05, 0) is 86.6 Å². The van der Waals surface area contributed by atoms with E-state index in [4.69, 9.17) is 5.73 Å². The van der Waals surface area contributed by atoms with Crippen molar-refractivity contribution in [1.29, 1.82) is 0 Å². The number of benzene rings is 2. The average molecular weight is 706 g/mol. The molecule has 50 heavy (non-hydrogen) atoms. The first-order chi connectivity index (χ1) is 24.1. The lowest BCUT2D eigenvalue weighted by molar-refractivity contribution is 0.0702. The second kappa shape index (κ2) is 13.1. The number of pyridine rings is 2. The van der Waals surface area contributed by atoms with Gasteiger partial charge in [-0.2, -0.15) is 10.2 Å². The van der Waals surface area contributed by atoms with Crippen molar-refractivity contribution in [3.63, 3.8) is 0 Å². The lowest BCUT2D eigenvalue weighted by Crippen LogP contribution is -2.10. The normalized spacial score (nSPS) is 11.1. The molecule has 14 heteroatoms. The van der Waals surface area contributed by atoms with E-state index in [1.807, 2.05) is 62.6 Å². The quantitative estimate of drug-likeness (QED) is 0.179. The zero-order chi connectivity index (χ0) is 35.1. The number of aryl methyl sites for hydroxylation is 2. The first-order valence-electron chi connectivity index (χ1n) is 15.0. The molecule has 6 aromatic heterocycles. The Bertz CT molecular complexity index is 2380. The molecule has 0 aliphatic rings. The highest BCUT2D eigenvalue weighted by molar-refractivity contribution is 7.17. The number of carbonyl (C=O) groups excluding carboxylic acids is 1. The average Bonchev–Trinajstić information content (AvgIpc) is 3.87. The number of hydrogen-bond donors (Lipinski definition) is 2. The van der Waals surface area contributed by atoms with Gasteiger partial charge in [0, 0.05) is 23.5 Å². The Balaban J connectivity index is 0.000000157. The standard InChI is InChI=1S/C18H13FN4OS.C18H12FN3O2S/c1-10-14(13-4-2-3-9-23(13)22-10)18-21-15(16(25-18)17(20)24)11-5-7-12(19)8-6-11;1-10-14(13-4-2-3-9-22(13)21-10)17-20-15(16(25-17)18(23)24)11-5-7-12(19)8-6-11/h2-9H,1H3,(H2,20,24);2-9H,1H3,(H,23,24). The molecule has 2 aromatic carbocycles. The Hall–Kier alpha value is -6.12. The van der Waals surface area contributed by atoms with Crippen molar-refractivity contribution in [3.8, 4) is 43.7 Å². The summed E-state index contributed by atoms with van der Waals surface area (Å²) in [5, 5.41) is 19.7. The Morgan fingerprint density at radius 2 is 1.08 bits per heavy atom. The van der Waals surface area contributed by atoms with Crippen molar-refractivity contribution in [2.75, 3.05) is 0 Å². The summed E-state index contributed by atoms with van der Waals surface area (Å²) < 4.78 is 29.9. The van der Waals surface area contributed by atoms with E-state index in [0.29, 0.717) is 37.4 Å². The molecule has 1 amide bonds. The summed E-state index contributed by atoms with van der Waals surface area (Å²) in [5.41, 5.74) is 12.5. The Morgan fingerprint density at radius 3 is 1.50 bits per heavy atom. The van der Waals surface area contributed by atoms with Gasteiger partial charge < -0.3 is 10.8 Å². The van der Waals surface area contributed by atoms with Gasteiger partial charge in [-0.3, -0.25) is 4.79 Å². The van der Waals surface area contributed by atoms with Gasteiger partial charge in [-0.1, -0.05) is 12.1 Å². The fourth-order valence-corrected chi connectivity index (χ4v) is 7.61. The van der Waals surface area contributed by atoms with Crippen molar-refractivity contribution in [2.45, 2.75) is 13.8 Å². The summed E-state index contributed by atoms with van der Waals surface area (Å²) in [7, 11) is 0. The number of carbonyl (C=O) groups is 2. The number of hydrogen-bond acceptors (Lipinski definition) is 8. The number of aromatic carboxylic acids is 1. The number of carboxylic acids is 1. The zero-order valence-corrected chi connectivity index (χ0v) is 28.0. The van der Waals surface area contributed by atoms with Crippen LogP contribution in [0.1, 0.15) is 30.7 Å². The third-order valence-electron chi connectivity index (χ3n) is 7.77. The van der Waals surface area contributed by atoms with Crippen LogP contribution < -0.4 is 5.73 Å². The number of amides is 1. The van der Waals surface area contributed by atoms with E-state index in [1.165, 1.54) is 47.7 Å². The van der Waals surface area contributed by atoms with Crippen LogP contribution in [0.25, 0.3) is 54.7 Å². The number of primary amides is 1. The molecule has 0 fully saturated rings. The SMILES string of the molecule is Cc1nn2ccccc2c1-c1nc(-c2ccc(F)cc2)c(C(=O)O)s1.Cc1nn2ccccc2c1-c1nc(-c2ccc(F)cc2)c(C(N)=O)s1. The number of aromatic nitrogens is 6. The molecule has 248 valence electrons. The van der Waals surface area contributed by atoms with E-state index in [2.05, 4.69) is 20.2 Å². The van der Waals surface area contributed by atoms with Crippen LogP contribution in [-0.4, -0.2) is 46.2 Å². The van der Waals surface area contributed by atoms with Crippen molar-refractivity contribution in [1.82, 2.24) is 29.2 Å². The molecule has 0 saturated carbocycles. The van der Waals surface area contributed by atoms with Crippen molar-refractivity contribution in [3.05, 3.63) is 130 Å². The van der Waals surface area contributed by atoms with Crippen molar-refractivity contribution in [2.24, 2.45) is 5.73 Å². The Kier molecular flexibility index (Phi) is 8.47. The first-order valence-corrected chi connectivity index (χ1v) is 16.7. The molecule has 0 atom stereocenters. The number of carboxylic acid groups (broad SMARTS) is 1. The number of halogens is 2. The summed E-state index contributed by atoms with van der Waals surface area (Å²) in [6.45, 7) is 3.76. The number of thiazole rings is 2. The minimum Gasteiger partial charge on any atom is -0.477 e. The van der Waals surface area contributed by atoms with Gasteiger partial charge in [0.25, 0.3) is 5.91 Å². The molecule has 0 aliphatic heterocycles. The fraction of sp³-hybridized carbons (Fsp3) is 0.0556. The molecule has 3 N–H and O–H groups in total. The minimum atomic E-state index is -1.06. The van der Waals surface area contributed by atoms with Gasteiger partial charge in [0.2, 0.25) is 0 Å². The molecular formula is C36H25F2N7O3S2. The summed E-state index contributed by atoms with van der Waals surface area (Å²) >= 11 is 2.32. The van der Waals surface area contributed by atoms with Crippen LogP contribution in [-0.2, 0) is 0 Å². The van der Waals surface area contributed by atoms with E-state index in [1.54, 1.807) is 21.2 Å². The minimum absolute atomic E-state index is 0.122. The molecule has 10 nitrogen and oxygen atoms in total. The number of nitrogens with zero attached hydrogens (tertiary/aromatic N) is 6. The van der Waals surface area contributed by atoms with Crippen LogP contribution in [0, 0.1) is 25.5 Å². The largest absolute Gasteiger partial charge is 0.477 e. The number of nitrogens with two attached hydrogens (primary N) is 1. The topological polar surface area (TPSA) is 141 Å². The van der Waals surface area contributed by atoms with Gasteiger partial charge in [0.1, 0.15) is 31.4 Å². The molecule has 0 aliphatic carbocycles. The highest BCUT2D eigenvalue weighted by Gasteiger charge is 2.24. The monoisotopic (exact) mass is 705 g/mol. The maximum Gasteiger partial charge on any atom is 0.348 e. The fourth-order valence-electron chi connectivity index (χ4n) is 5.53. The molecule has 0 spiro atoms. The van der Waals surface area contributed by atoms with Gasteiger partial charge >= 0.3 is 5.97 Å². The molecule has 8 aromatic rings. The number of rotatable bonds is 6. The molecule has 0 radical (unpaired) electrons. The van der Waals surface area contributed by atoms with Crippen molar-refractivity contribution >= 4 is 45.6 Å². The highest BCUT2D eigenvalue weighted by atomic mass is 32.1. The van der Waals surface area contributed by atoms with Gasteiger partial charge in [0.05, 0.1) is 44.9 Å². The second-order valence-electron chi connectivity index (χ2n) is 11.1. The van der Waals surface area contributed by atoms with Gasteiger partial charge in [-0.15, -0.1) is 22.7 Å². The molecule has 0 unspecified atom stereocenters. The predicted octanol–water partition coefficient (Wildman–Crippen LogP) is 7.94. The van der Waals surface area contributed by atoms with E-state index in [-0.39, 0.29) is 16.5 Å². The highest BCUT2D eigenvalue weighted by Crippen LogP contribution is 2.38. The molecule has 8 rings (SSSR count). The van der Waals surface area contributed by atoms with E-state index < -0.39 is 11.9 Å². The third kappa shape index (κ3) is 6.01. The molecule has 0 bridgehead atoms. The van der Waals surface area contributed by atoms with Crippen LogP contribution >= 0.6 is 22.7 Å². The van der Waals surface area contributed by atoms with Gasteiger partial charge in [0.15, 0.2) is 0 Å². The molecular weight excluding hydrogens is 681 g/mol. The molecule has 0 saturated heterocycles. The third-order valence-corrected chi connectivity index (χ3v) is 9.91. The lowest BCUT2D eigenvalue weighted by Gasteiger charge is -1.99. The number of fused-ring (bicyclic) bond motifs is 2. The van der Waals surface area contributed by atoms with Crippen LogP contribution in [0.3, 0.4) is 0 Å². The summed E-state index contributed by atoms with van der Waals surface area (Å²) in [5.74, 6) is -2.35. The van der Waals surface area contributed by atoms with E-state index in [9.17, 15) is 23.5 Å². The smallest absolute Gasteiger partial charge is 0.348 e. The van der Waals surface area contributed by atoms with Crippen LogP contribution in [0.5, 0.6) is 0 Å². The summed E-state index contributed by atoms with van der Waals surface area (Å²) in [4.78, 5) is 33.2. The molecule has 6 heterocycles. The Labute approximate surface area is 290 Å². The van der Waals surface area contributed by atoms with Crippen LogP contribution in [0.15, 0.2) is 97.3 Å². The Morgan fingerprint density at radius 1 is 0.660 bits per heavy atom. The zero-order valence-electron chi connectivity index (χ0n) is 26.3. The summed E-state index contributed by atoms with van der Waals surface area (Å²) in [6.07, 6.45) is 3.69. The van der Waals surface area contributed by atoms with Crippen LogP contribution in [0.2, 0.25) is 0 Å². The first kappa shape index (κ1) is 32.4. The van der Waals surface area contributed by atoms with Crippen molar-refractivity contribution < 1.29 is 23.5 Å². The lowest BCUT2D eigenvalue weighted by atomic mass is 10.1. The maximum absolute atomic E-state index is 13.2.